The van der Waals surface area contributed by atoms with Crippen LogP contribution in [0.2, 0.25) is 0 Å². The number of non-ortho nitro benzene ring substituents is 1. The first kappa shape index (κ1) is 22.9. The molecule has 3 aromatic rings. The van der Waals surface area contributed by atoms with E-state index in [1.54, 1.807) is 17.0 Å². The van der Waals surface area contributed by atoms with Gasteiger partial charge in [0, 0.05) is 55.7 Å². The molecule has 2 aliphatic heterocycles. The summed E-state index contributed by atoms with van der Waals surface area (Å²) in [4.78, 5) is 37.2. The SMILES string of the molecule is O=C(c1ccc([N+](=O)[O-])cc1)N1CCc2nc(Cc3ccc(F)cc3)nc(N3CCOCC3)c2C1. The fourth-order valence-corrected chi connectivity index (χ4v) is 4.43. The highest BCUT2D eigenvalue weighted by atomic mass is 19.1. The molecule has 2 aromatic carbocycles. The molecule has 3 heterocycles. The number of aromatic nitrogens is 2. The fourth-order valence-electron chi connectivity index (χ4n) is 4.43. The molecule has 35 heavy (non-hydrogen) atoms. The van der Waals surface area contributed by atoms with Gasteiger partial charge in [0.25, 0.3) is 11.6 Å². The van der Waals surface area contributed by atoms with Crippen LogP contribution in [0.1, 0.15) is 33.0 Å². The van der Waals surface area contributed by atoms with E-state index in [0.717, 1.165) is 22.6 Å². The summed E-state index contributed by atoms with van der Waals surface area (Å²) in [5.74, 6) is 0.990. The standard InChI is InChI=1S/C25H24FN5O4/c26-19-5-1-17(2-6-19)15-23-27-22-9-10-30(25(32)18-3-7-20(8-4-18)31(33)34)16-21(22)24(28-23)29-11-13-35-14-12-29/h1-8H,9-16H2. The molecular weight excluding hydrogens is 453 g/mol. The number of rotatable bonds is 5. The van der Waals surface area contributed by atoms with Crippen molar-refractivity contribution in [1.82, 2.24) is 14.9 Å². The summed E-state index contributed by atoms with van der Waals surface area (Å²) in [5, 5.41) is 10.9. The average molecular weight is 477 g/mol. The van der Waals surface area contributed by atoms with Gasteiger partial charge in [-0.2, -0.15) is 0 Å². The Bertz CT molecular complexity index is 1240. The van der Waals surface area contributed by atoms with Gasteiger partial charge in [-0.1, -0.05) is 12.1 Å². The summed E-state index contributed by atoms with van der Waals surface area (Å²) in [7, 11) is 0. The zero-order valence-corrected chi connectivity index (χ0v) is 19.0. The van der Waals surface area contributed by atoms with Crippen molar-refractivity contribution in [2.75, 3.05) is 37.7 Å². The smallest absolute Gasteiger partial charge is 0.269 e. The second-order valence-electron chi connectivity index (χ2n) is 8.57. The van der Waals surface area contributed by atoms with E-state index >= 15 is 0 Å². The third-order valence-electron chi connectivity index (χ3n) is 6.28. The van der Waals surface area contributed by atoms with Crippen molar-refractivity contribution in [2.45, 2.75) is 19.4 Å². The number of hydrogen-bond donors (Lipinski definition) is 0. The summed E-state index contributed by atoms with van der Waals surface area (Å²) in [6.07, 6.45) is 1.06. The summed E-state index contributed by atoms with van der Waals surface area (Å²) >= 11 is 0. The van der Waals surface area contributed by atoms with Gasteiger partial charge >= 0.3 is 0 Å². The first-order valence-electron chi connectivity index (χ1n) is 11.5. The van der Waals surface area contributed by atoms with Gasteiger partial charge in [-0.15, -0.1) is 0 Å². The van der Waals surface area contributed by atoms with E-state index in [0.29, 0.717) is 63.6 Å². The number of carbonyl (C=O) groups excluding carboxylic acids is 1. The monoisotopic (exact) mass is 477 g/mol. The number of benzene rings is 2. The summed E-state index contributed by atoms with van der Waals surface area (Å²) < 4.78 is 18.8. The average Bonchev–Trinajstić information content (AvgIpc) is 2.89. The first-order chi connectivity index (χ1) is 17.0. The van der Waals surface area contributed by atoms with Gasteiger partial charge in [-0.25, -0.2) is 14.4 Å². The Balaban J connectivity index is 1.43. The van der Waals surface area contributed by atoms with Crippen molar-refractivity contribution < 1.29 is 18.8 Å². The Morgan fingerprint density at radius 1 is 1.03 bits per heavy atom. The molecule has 0 N–H and O–H groups in total. The van der Waals surface area contributed by atoms with Crippen LogP contribution in [0.3, 0.4) is 0 Å². The van der Waals surface area contributed by atoms with Crippen LogP contribution in [0, 0.1) is 15.9 Å². The predicted molar refractivity (Wildman–Crippen MR) is 126 cm³/mol. The molecule has 180 valence electrons. The zero-order valence-electron chi connectivity index (χ0n) is 19.0. The molecule has 1 fully saturated rings. The third-order valence-corrected chi connectivity index (χ3v) is 6.28. The van der Waals surface area contributed by atoms with Crippen molar-refractivity contribution in [3.8, 4) is 0 Å². The molecule has 0 spiro atoms. The number of ether oxygens (including phenoxy) is 1. The van der Waals surface area contributed by atoms with Crippen LogP contribution in [0.4, 0.5) is 15.9 Å². The maximum absolute atomic E-state index is 13.3. The minimum atomic E-state index is -0.485. The van der Waals surface area contributed by atoms with E-state index < -0.39 is 4.92 Å². The Labute approximate surface area is 201 Å². The topological polar surface area (TPSA) is 102 Å². The highest BCUT2D eigenvalue weighted by Crippen LogP contribution is 2.29. The van der Waals surface area contributed by atoms with Gasteiger partial charge in [-0.3, -0.25) is 14.9 Å². The molecular formula is C25H24FN5O4. The molecule has 1 aromatic heterocycles. The van der Waals surface area contributed by atoms with Crippen molar-refractivity contribution in [3.63, 3.8) is 0 Å². The number of nitro groups is 1. The second kappa shape index (κ2) is 9.75. The summed E-state index contributed by atoms with van der Waals surface area (Å²) in [5.41, 5.74) is 3.09. The number of nitrogens with zero attached hydrogens (tertiary/aromatic N) is 5. The maximum atomic E-state index is 13.3. The molecule has 0 saturated carbocycles. The van der Waals surface area contributed by atoms with Crippen molar-refractivity contribution >= 4 is 17.4 Å². The number of anilines is 1. The Morgan fingerprint density at radius 3 is 2.43 bits per heavy atom. The highest BCUT2D eigenvalue weighted by Gasteiger charge is 2.29. The summed E-state index contributed by atoms with van der Waals surface area (Å²) in [6, 6.07) is 12.0. The number of fused-ring (bicyclic) bond motifs is 1. The molecule has 1 amide bonds. The Morgan fingerprint density at radius 2 is 1.74 bits per heavy atom. The Kier molecular flexibility index (Phi) is 6.37. The lowest BCUT2D eigenvalue weighted by atomic mass is 10.0. The molecule has 0 aliphatic carbocycles. The quantitative estimate of drug-likeness (QED) is 0.411. The molecule has 0 bridgehead atoms. The molecule has 9 nitrogen and oxygen atoms in total. The lowest BCUT2D eigenvalue weighted by molar-refractivity contribution is -0.384. The largest absolute Gasteiger partial charge is 0.378 e. The van der Waals surface area contributed by atoms with Crippen LogP contribution in [0.25, 0.3) is 0 Å². The molecule has 1 saturated heterocycles. The number of morpholine rings is 1. The third kappa shape index (κ3) is 4.97. The van der Waals surface area contributed by atoms with Crippen LogP contribution < -0.4 is 4.90 Å². The lowest BCUT2D eigenvalue weighted by Crippen LogP contribution is -2.41. The van der Waals surface area contributed by atoms with Crippen LogP contribution in [-0.4, -0.2) is 58.5 Å². The molecule has 10 heteroatoms. The Hall–Kier alpha value is -3.92. The van der Waals surface area contributed by atoms with Gasteiger partial charge in [0.1, 0.15) is 17.5 Å². The molecule has 0 radical (unpaired) electrons. The van der Waals surface area contributed by atoms with Crippen LogP contribution in [-0.2, 0) is 24.1 Å². The molecule has 2 aliphatic rings. The number of hydrogen-bond acceptors (Lipinski definition) is 7. The van der Waals surface area contributed by atoms with E-state index in [-0.39, 0.29) is 17.4 Å². The number of nitro benzene ring substituents is 1. The van der Waals surface area contributed by atoms with E-state index in [2.05, 4.69) is 4.90 Å². The van der Waals surface area contributed by atoms with Crippen LogP contribution >= 0.6 is 0 Å². The van der Waals surface area contributed by atoms with E-state index in [1.165, 1.54) is 36.4 Å². The minimum absolute atomic E-state index is 0.0535. The fraction of sp³-hybridized carbons (Fsp3) is 0.320. The van der Waals surface area contributed by atoms with Gasteiger partial charge in [0.2, 0.25) is 0 Å². The lowest BCUT2D eigenvalue weighted by Gasteiger charge is -2.34. The first-order valence-corrected chi connectivity index (χ1v) is 11.5. The second-order valence-corrected chi connectivity index (χ2v) is 8.57. The number of halogens is 1. The van der Waals surface area contributed by atoms with Crippen molar-refractivity contribution in [1.29, 1.82) is 0 Å². The number of amides is 1. The normalized spacial score (nSPS) is 15.6. The molecule has 0 atom stereocenters. The van der Waals surface area contributed by atoms with E-state index in [1.807, 2.05) is 0 Å². The minimum Gasteiger partial charge on any atom is -0.378 e. The van der Waals surface area contributed by atoms with E-state index in [9.17, 15) is 19.3 Å². The van der Waals surface area contributed by atoms with Crippen molar-refractivity contribution in [2.24, 2.45) is 0 Å². The number of carbonyl (C=O) groups is 1. The van der Waals surface area contributed by atoms with Gasteiger partial charge in [-0.05, 0) is 29.8 Å². The molecule has 0 unspecified atom stereocenters. The predicted octanol–water partition coefficient (Wildman–Crippen LogP) is 3.15. The van der Waals surface area contributed by atoms with Gasteiger partial charge in [0.15, 0.2) is 0 Å². The molecule has 5 rings (SSSR count). The van der Waals surface area contributed by atoms with Gasteiger partial charge < -0.3 is 14.5 Å². The van der Waals surface area contributed by atoms with Crippen LogP contribution in [0.5, 0.6) is 0 Å². The zero-order chi connectivity index (χ0) is 24.4. The highest BCUT2D eigenvalue weighted by molar-refractivity contribution is 5.94. The maximum Gasteiger partial charge on any atom is 0.269 e. The van der Waals surface area contributed by atoms with E-state index in [4.69, 9.17) is 14.7 Å². The van der Waals surface area contributed by atoms with Crippen LogP contribution in [0.15, 0.2) is 48.5 Å². The van der Waals surface area contributed by atoms with Crippen molar-refractivity contribution in [3.05, 3.63) is 92.7 Å². The summed E-state index contributed by atoms with van der Waals surface area (Å²) in [6.45, 7) is 3.41. The van der Waals surface area contributed by atoms with Gasteiger partial charge in [0.05, 0.1) is 30.4 Å².